The molecule has 0 saturated heterocycles. The van der Waals surface area contributed by atoms with Crippen molar-refractivity contribution in [1.82, 2.24) is 15.2 Å². The number of hydrogen-bond donors (Lipinski definition) is 1. The standard InChI is InChI=1S/C16H24N4O2S/c1-4-8-20(5-2)11-13-12(16(21)22-6-3)10-18-14(19-13)15-17-7-9-23-15/h7,9H,4-6,8,10-11H2,1-3H3,(H,18,19). The molecule has 0 saturated carbocycles. The summed E-state index contributed by atoms with van der Waals surface area (Å²) < 4.78 is 5.18. The van der Waals surface area contributed by atoms with E-state index in [1.54, 1.807) is 6.20 Å². The SMILES string of the molecule is CCCN(CC)CC1=C(C(=O)OCC)CN=C(c2nccs2)N1. The predicted molar refractivity (Wildman–Crippen MR) is 92.7 cm³/mol. The third-order valence-corrected chi connectivity index (χ3v) is 4.33. The summed E-state index contributed by atoms with van der Waals surface area (Å²) in [5.41, 5.74) is 1.49. The third-order valence-electron chi connectivity index (χ3n) is 3.55. The molecule has 1 aromatic rings. The van der Waals surface area contributed by atoms with Crippen LogP contribution < -0.4 is 5.32 Å². The number of hydrogen-bond acceptors (Lipinski definition) is 7. The Hall–Kier alpha value is -1.73. The van der Waals surface area contributed by atoms with Crippen molar-refractivity contribution in [3.05, 3.63) is 27.9 Å². The lowest BCUT2D eigenvalue weighted by atomic mass is 10.1. The molecule has 1 aromatic heterocycles. The Morgan fingerprint density at radius 1 is 1.43 bits per heavy atom. The van der Waals surface area contributed by atoms with E-state index < -0.39 is 0 Å². The Labute approximate surface area is 141 Å². The van der Waals surface area contributed by atoms with E-state index >= 15 is 0 Å². The lowest BCUT2D eigenvalue weighted by Gasteiger charge is -2.26. The Kier molecular flexibility index (Phi) is 6.73. The molecule has 23 heavy (non-hydrogen) atoms. The Balaban J connectivity index is 2.21. The number of thiazole rings is 1. The van der Waals surface area contributed by atoms with Gasteiger partial charge in [0.15, 0.2) is 10.8 Å². The first-order valence-electron chi connectivity index (χ1n) is 8.02. The number of ether oxygens (including phenoxy) is 1. The Morgan fingerprint density at radius 2 is 2.26 bits per heavy atom. The average Bonchev–Trinajstić information content (AvgIpc) is 3.09. The van der Waals surface area contributed by atoms with Crippen molar-refractivity contribution in [2.75, 3.05) is 32.8 Å². The van der Waals surface area contributed by atoms with Crippen molar-refractivity contribution in [2.24, 2.45) is 4.99 Å². The van der Waals surface area contributed by atoms with Crippen LogP contribution in [-0.2, 0) is 9.53 Å². The van der Waals surface area contributed by atoms with E-state index in [9.17, 15) is 4.79 Å². The number of nitrogens with one attached hydrogen (secondary N) is 1. The van der Waals surface area contributed by atoms with Gasteiger partial charge in [-0.2, -0.15) is 0 Å². The average molecular weight is 336 g/mol. The van der Waals surface area contributed by atoms with Crippen LogP contribution in [0.5, 0.6) is 0 Å². The molecule has 0 fully saturated rings. The second-order valence-corrected chi connectivity index (χ2v) is 6.07. The molecule has 0 atom stereocenters. The monoisotopic (exact) mass is 336 g/mol. The molecular weight excluding hydrogens is 312 g/mol. The molecule has 0 bridgehead atoms. The van der Waals surface area contributed by atoms with Crippen LogP contribution in [0.3, 0.4) is 0 Å². The molecule has 0 aromatic carbocycles. The van der Waals surface area contributed by atoms with Crippen molar-refractivity contribution < 1.29 is 9.53 Å². The maximum atomic E-state index is 12.2. The van der Waals surface area contributed by atoms with Crippen LogP contribution in [0, 0.1) is 0 Å². The number of carbonyl (C=O) groups is 1. The number of aliphatic imine (C=N–C) groups is 1. The number of rotatable bonds is 8. The van der Waals surface area contributed by atoms with Crippen LogP contribution >= 0.6 is 11.3 Å². The summed E-state index contributed by atoms with van der Waals surface area (Å²) in [5.74, 6) is 0.445. The lowest BCUT2D eigenvalue weighted by molar-refractivity contribution is -0.138. The molecule has 1 aliphatic rings. The summed E-state index contributed by atoms with van der Waals surface area (Å²) in [6.07, 6.45) is 2.83. The maximum Gasteiger partial charge on any atom is 0.337 e. The molecule has 0 radical (unpaired) electrons. The molecule has 2 rings (SSSR count). The molecule has 2 heterocycles. The lowest BCUT2D eigenvalue weighted by Crippen LogP contribution is -2.39. The zero-order valence-electron chi connectivity index (χ0n) is 14.0. The Bertz CT molecular complexity index is 581. The van der Waals surface area contributed by atoms with Crippen LogP contribution in [0.25, 0.3) is 0 Å². The van der Waals surface area contributed by atoms with E-state index in [0.29, 0.717) is 25.3 Å². The minimum atomic E-state index is -0.288. The van der Waals surface area contributed by atoms with E-state index in [4.69, 9.17) is 4.74 Å². The summed E-state index contributed by atoms with van der Waals surface area (Å²) in [6, 6.07) is 0. The van der Waals surface area contributed by atoms with Gasteiger partial charge in [-0.15, -0.1) is 11.3 Å². The minimum Gasteiger partial charge on any atom is -0.463 e. The molecule has 0 aliphatic carbocycles. The van der Waals surface area contributed by atoms with Crippen LogP contribution in [0.15, 0.2) is 27.8 Å². The fourth-order valence-corrected chi connectivity index (χ4v) is 3.00. The van der Waals surface area contributed by atoms with Crippen molar-refractivity contribution in [3.8, 4) is 0 Å². The van der Waals surface area contributed by atoms with E-state index in [-0.39, 0.29) is 5.97 Å². The third kappa shape index (κ3) is 4.62. The molecule has 0 spiro atoms. The first kappa shape index (κ1) is 17.6. The van der Waals surface area contributed by atoms with E-state index in [1.165, 1.54) is 11.3 Å². The van der Waals surface area contributed by atoms with Crippen molar-refractivity contribution in [3.63, 3.8) is 0 Å². The fraction of sp³-hybridized carbons (Fsp3) is 0.562. The highest BCUT2D eigenvalue weighted by Gasteiger charge is 2.24. The van der Waals surface area contributed by atoms with Gasteiger partial charge in [-0.05, 0) is 26.4 Å². The summed E-state index contributed by atoms with van der Waals surface area (Å²) in [5, 5.41) is 6.06. The number of aromatic nitrogens is 1. The van der Waals surface area contributed by atoms with Crippen molar-refractivity contribution in [1.29, 1.82) is 0 Å². The zero-order chi connectivity index (χ0) is 16.7. The van der Waals surface area contributed by atoms with Gasteiger partial charge in [0.1, 0.15) is 0 Å². The van der Waals surface area contributed by atoms with Crippen LogP contribution in [0.4, 0.5) is 0 Å². The first-order valence-corrected chi connectivity index (χ1v) is 8.90. The zero-order valence-corrected chi connectivity index (χ0v) is 14.8. The summed E-state index contributed by atoms with van der Waals surface area (Å²) in [4.78, 5) is 23.3. The molecular formula is C16H24N4O2S. The Morgan fingerprint density at radius 3 is 2.87 bits per heavy atom. The molecule has 6 nitrogen and oxygen atoms in total. The number of amidine groups is 1. The highest BCUT2D eigenvalue weighted by atomic mass is 32.1. The van der Waals surface area contributed by atoms with Crippen LogP contribution in [0.2, 0.25) is 0 Å². The number of likely N-dealkylation sites (N-methyl/N-ethyl adjacent to an activating group) is 1. The topological polar surface area (TPSA) is 66.8 Å². The summed E-state index contributed by atoms with van der Waals surface area (Å²) in [7, 11) is 0. The highest BCUT2D eigenvalue weighted by molar-refractivity contribution is 7.11. The highest BCUT2D eigenvalue weighted by Crippen LogP contribution is 2.16. The molecule has 7 heteroatoms. The van der Waals surface area contributed by atoms with Gasteiger partial charge in [0.2, 0.25) is 0 Å². The molecule has 0 unspecified atom stereocenters. The first-order chi connectivity index (χ1) is 11.2. The second-order valence-electron chi connectivity index (χ2n) is 5.17. The maximum absolute atomic E-state index is 12.2. The van der Waals surface area contributed by atoms with Gasteiger partial charge < -0.3 is 10.1 Å². The largest absolute Gasteiger partial charge is 0.463 e. The second kappa shape index (κ2) is 8.79. The van der Waals surface area contributed by atoms with E-state index in [1.807, 2.05) is 12.3 Å². The van der Waals surface area contributed by atoms with Crippen molar-refractivity contribution in [2.45, 2.75) is 27.2 Å². The van der Waals surface area contributed by atoms with Gasteiger partial charge in [-0.25, -0.2) is 9.78 Å². The van der Waals surface area contributed by atoms with Gasteiger partial charge in [0.05, 0.1) is 18.7 Å². The van der Waals surface area contributed by atoms with Gasteiger partial charge in [-0.1, -0.05) is 13.8 Å². The number of carbonyl (C=O) groups excluding carboxylic acids is 1. The fourth-order valence-electron chi connectivity index (χ4n) is 2.40. The molecule has 0 amide bonds. The normalized spacial score (nSPS) is 14.7. The number of esters is 1. The molecule has 1 N–H and O–H groups in total. The summed E-state index contributed by atoms with van der Waals surface area (Å²) in [6.45, 7) is 9.39. The van der Waals surface area contributed by atoms with Gasteiger partial charge >= 0.3 is 5.97 Å². The van der Waals surface area contributed by atoms with Crippen LogP contribution in [0.1, 0.15) is 32.2 Å². The molecule has 126 valence electrons. The predicted octanol–water partition coefficient (Wildman–Crippen LogP) is 2.04. The molecule has 1 aliphatic heterocycles. The van der Waals surface area contributed by atoms with Gasteiger partial charge in [-0.3, -0.25) is 9.89 Å². The van der Waals surface area contributed by atoms with Gasteiger partial charge in [0.25, 0.3) is 0 Å². The van der Waals surface area contributed by atoms with E-state index in [2.05, 4.69) is 34.0 Å². The quantitative estimate of drug-likeness (QED) is 0.736. The summed E-state index contributed by atoms with van der Waals surface area (Å²) >= 11 is 1.53. The van der Waals surface area contributed by atoms with Gasteiger partial charge in [0, 0.05) is 23.8 Å². The van der Waals surface area contributed by atoms with Crippen LogP contribution in [-0.4, -0.2) is 54.5 Å². The van der Waals surface area contributed by atoms with Crippen molar-refractivity contribution >= 4 is 23.1 Å². The smallest absolute Gasteiger partial charge is 0.337 e. The minimum absolute atomic E-state index is 0.288. The van der Waals surface area contributed by atoms with E-state index in [0.717, 1.165) is 36.1 Å². The number of nitrogens with zero attached hydrogens (tertiary/aromatic N) is 3.